The Morgan fingerprint density at radius 1 is 1.12 bits per heavy atom. The second kappa shape index (κ2) is 13.0. The molecule has 1 fully saturated rings. The van der Waals surface area contributed by atoms with Crippen molar-refractivity contribution in [1.82, 2.24) is 15.1 Å². The van der Waals surface area contributed by atoms with Crippen LogP contribution in [0.5, 0.6) is 0 Å². The summed E-state index contributed by atoms with van der Waals surface area (Å²) in [4.78, 5) is 28.6. The minimum atomic E-state index is -4.81. The number of alkyl halides is 3. The molecule has 1 aliphatic heterocycles. The zero-order valence-electron chi connectivity index (χ0n) is 23.6. The molecule has 0 atom stereocenters. The smallest absolute Gasteiger partial charge is 0.416 e. The Hall–Kier alpha value is -2.55. The van der Waals surface area contributed by atoms with Crippen LogP contribution >= 0.6 is 27.5 Å². The molecule has 2 aromatic carbocycles. The van der Waals surface area contributed by atoms with Crippen molar-refractivity contribution < 1.29 is 35.9 Å². The van der Waals surface area contributed by atoms with Gasteiger partial charge in [-0.05, 0) is 72.1 Å². The normalized spacial score (nSPS) is 15.0. The maximum Gasteiger partial charge on any atom is 0.416 e. The molecule has 0 aromatic heterocycles. The lowest BCUT2D eigenvalue weighted by Crippen LogP contribution is -2.49. The number of hydrogen-bond acceptors (Lipinski definition) is 7. The monoisotopic (exact) mass is 696 g/mol. The topological polar surface area (TPSA) is 122 Å². The van der Waals surface area contributed by atoms with Crippen molar-refractivity contribution in [2.24, 2.45) is 0 Å². The summed E-state index contributed by atoms with van der Waals surface area (Å²) in [6, 6.07) is 4.79. The standard InChI is InChI=1S/C27H33BrClF3N4O5S/c1-5-42(39,40)21-7-6-17(29)12-16(21)14-34-24(37)18-13-20(27(30,31)32)19(22(28)23(18)33)15-35-8-10-36(11-9-35)25(38)41-26(2,3)4/h6-7,12-13H,5,8-11,14-15,33H2,1-4H3,(H,34,37). The van der Waals surface area contributed by atoms with Gasteiger partial charge >= 0.3 is 12.3 Å². The quantitative estimate of drug-likeness (QED) is 0.368. The van der Waals surface area contributed by atoms with E-state index in [9.17, 15) is 31.2 Å². The average molecular weight is 698 g/mol. The molecule has 0 unspecified atom stereocenters. The molecule has 2 aromatic rings. The summed E-state index contributed by atoms with van der Waals surface area (Å²) in [6.45, 7) is 7.39. The summed E-state index contributed by atoms with van der Waals surface area (Å²) >= 11 is 9.19. The molecule has 1 aliphatic rings. The largest absolute Gasteiger partial charge is 0.444 e. The molecule has 232 valence electrons. The predicted octanol–water partition coefficient (Wildman–Crippen LogP) is 5.48. The number of piperazine rings is 1. The van der Waals surface area contributed by atoms with Gasteiger partial charge < -0.3 is 20.7 Å². The summed E-state index contributed by atoms with van der Waals surface area (Å²) in [5, 5.41) is 2.70. The Morgan fingerprint density at radius 3 is 2.29 bits per heavy atom. The van der Waals surface area contributed by atoms with Crippen LogP contribution in [0.4, 0.5) is 23.7 Å². The number of rotatable bonds is 7. The van der Waals surface area contributed by atoms with Crippen LogP contribution in [0.25, 0.3) is 0 Å². The first-order valence-corrected chi connectivity index (χ1v) is 15.8. The molecule has 9 nitrogen and oxygen atoms in total. The van der Waals surface area contributed by atoms with Crippen LogP contribution in [-0.4, -0.2) is 67.8 Å². The summed E-state index contributed by atoms with van der Waals surface area (Å²) in [7, 11) is -3.66. The van der Waals surface area contributed by atoms with Crippen LogP contribution in [-0.2, 0) is 33.8 Å². The summed E-state index contributed by atoms with van der Waals surface area (Å²) in [6.07, 6.45) is -5.30. The molecule has 0 bridgehead atoms. The van der Waals surface area contributed by atoms with Crippen molar-refractivity contribution in [2.75, 3.05) is 37.7 Å². The minimum absolute atomic E-state index is 0.0399. The SMILES string of the molecule is CCS(=O)(=O)c1ccc(Cl)cc1CNC(=O)c1cc(C(F)(F)F)c(CN2CCN(C(=O)OC(C)(C)C)CC2)c(Br)c1N. The lowest BCUT2D eigenvalue weighted by atomic mass is 10.00. The average Bonchev–Trinajstić information content (AvgIpc) is 2.88. The van der Waals surface area contributed by atoms with E-state index in [2.05, 4.69) is 21.2 Å². The van der Waals surface area contributed by atoms with Crippen molar-refractivity contribution in [3.63, 3.8) is 0 Å². The number of amides is 2. The molecule has 0 aliphatic carbocycles. The molecule has 3 rings (SSSR count). The highest BCUT2D eigenvalue weighted by molar-refractivity contribution is 9.10. The van der Waals surface area contributed by atoms with Crippen LogP contribution in [0.3, 0.4) is 0 Å². The van der Waals surface area contributed by atoms with Crippen LogP contribution in [0.15, 0.2) is 33.6 Å². The molecule has 1 saturated heterocycles. The van der Waals surface area contributed by atoms with Crippen molar-refractivity contribution in [3.05, 3.63) is 56.0 Å². The van der Waals surface area contributed by atoms with Gasteiger partial charge in [0.1, 0.15) is 5.60 Å². The van der Waals surface area contributed by atoms with Gasteiger partial charge in [0, 0.05) is 48.8 Å². The first-order chi connectivity index (χ1) is 19.3. The van der Waals surface area contributed by atoms with Gasteiger partial charge in [-0.15, -0.1) is 0 Å². The molecule has 2 amide bonds. The van der Waals surface area contributed by atoms with Gasteiger partial charge in [-0.25, -0.2) is 13.2 Å². The van der Waals surface area contributed by atoms with E-state index in [0.717, 1.165) is 0 Å². The van der Waals surface area contributed by atoms with Crippen LogP contribution in [0, 0.1) is 0 Å². The Morgan fingerprint density at radius 2 is 1.74 bits per heavy atom. The van der Waals surface area contributed by atoms with Crippen molar-refractivity contribution in [3.8, 4) is 0 Å². The Labute approximate surface area is 256 Å². The fraction of sp³-hybridized carbons (Fsp3) is 0.481. The maximum absolute atomic E-state index is 14.2. The van der Waals surface area contributed by atoms with Crippen LogP contribution < -0.4 is 11.1 Å². The summed E-state index contributed by atoms with van der Waals surface area (Å²) in [5.41, 5.74) is 3.87. The third-order valence-corrected chi connectivity index (χ3v) is 9.51. The number of carbonyl (C=O) groups is 2. The number of halogens is 5. The van der Waals surface area contributed by atoms with E-state index in [-0.39, 0.29) is 63.1 Å². The highest BCUT2D eigenvalue weighted by Crippen LogP contribution is 2.40. The zero-order valence-corrected chi connectivity index (χ0v) is 26.7. The molecule has 0 spiro atoms. The van der Waals surface area contributed by atoms with Gasteiger partial charge in [-0.1, -0.05) is 18.5 Å². The number of benzene rings is 2. The molecule has 15 heteroatoms. The van der Waals surface area contributed by atoms with Crippen molar-refractivity contribution in [2.45, 2.75) is 57.5 Å². The van der Waals surface area contributed by atoms with E-state index >= 15 is 0 Å². The van der Waals surface area contributed by atoms with Gasteiger partial charge in [0.15, 0.2) is 9.84 Å². The van der Waals surface area contributed by atoms with Gasteiger partial charge in [-0.3, -0.25) is 9.69 Å². The van der Waals surface area contributed by atoms with E-state index in [1.54, 1.807) is 25.7 Å². The number of nitrogens with one attached hydrogen (secondary N) is 1. The molecule has 1 heterocycles. The first kappa shape index (κ1) is 33.9. The number of nitrogens with zero attached hydrogens (tertiary/aromatic N) is 2. The number of carbonyl (C=O) groups excluding carboxylic acids is 2. The molecular weight excluding hydrogens is 665 g/mol. The lowest BCUT2D eigenvalue weighted by molar-refractivity contribution is -0.138. The van der Waals surface area contributed by atoms with E-state index in [0.29, 0.717) is 19.2 Å². The number of nitrogens with two attached hydrogens (primary N) is 1. The second-order valence-corrected chi connectivity index (χ2v) is 14.2. The van der Waals surface area contributed by atoms with Crippen LogP contribution in [0.1, 0.15) is 54.7 Å². The Balaban J connectivity index is 1.83. The number of anilines is 1. The second-order valence-electron chi connectivity index (χ2n) is 10.8. The van der Waals surface area contributed by atoms with Crippen LogP contribution in [0.2, 0.25) is 5.02 Å². The number of nitrogen functional groups attached to an aromatic ring is 1. The highest BCUT2D eigenvalue weighted by atomic mass is 79.9. The van der Waals surface area contributed by atoms with Gasteiger partial charge in [0.25, 0.3) is 5.91 Å². The fourth-order valence-electron chi connectivity index (χ4n) is 4.36. The van der Waals surface area contributed by atoms with Gasteiger partial charge in [0.2, 0.25) is 0 Å². The number of hydrogen-bond donors (Lipinski definition) is 2. The minimum Gasteiger partial charge on any atom is -0.444 e. The molecule has 0 radical (unpaired) electrons. The summed E-state index contributed by atoms with van der Waals surface area (Å²) in [5.74, 6) is -1.11. The van der Waals surface area contributed by atoms with E-state index in [1.165, 1.54) is 30.0 Å². The molecule has 42 heavy (non-hydrogen) atoms. The molecular formula is C27H33BrClF3N4O5S. The third-order valence-electron chi connectivity index (χ3n) is 6.54. The first-order valence-electron chi connectivity index (χ1n) is 13.0. The third kappa shape index (κ3) is 8.29. The van der Waals surface area contributed by atoms with E-state index in [1.807, 2.05) is 0 Å². The van der Waals surface area contributed by atoms with Gasteiger partial charge in [-0.2, -0.15) is 13.2 Å². The van der Waals surface area contributed by atoms with Crippen molar-refractivity contribution in [1.29, 1.82) is 0 Å². The van der Waals surface area contributed by atoms with E-state index in [4.69, 9.17) is 22.1 Å². The number of sulfone groups is 1. The van der Waals surface area contributed by atoms with E-state index < -0.39 is 44.7 Å². The Kier molecular flexibility index (Phi) is 10.5. The Bertz CT molecular complexity index is 1460. The highest BCUT2D eigenvalue weighted by Gasteiger charge is 2.37. The van der Waals surface area contributed by atoms with Gasteiger partial charge in [0.05, 0.1) is 27.5 Å². The molecule has 0 saturated carbocycles. The fourth-order valence-corrected chi connectivity index (χ4v) is 6.22. The zero-order chi connectivity index (χ0) is 31.6. The number of ether oxygens (including phenoxy) is 1. The summed E-state index contributed by atoms with van der Waals surface area (Å²) < 4.78 is 73.0. The lowest BCUT2D eigenvalue weighted by Gasteiger charge is -2.36. The maximum atomic E-state index is 14.2. The predicted molar refractivity (Wildman–Crippen MR) is 157 cm³/mol. The van der Waals surface area contributed by atoms with Crippen molar-refractivity contribution >= 4 is 55.1 Å². The molecule has 3 N–H and O–H groups in total.